The minimum atomic E-state index is -0.0876. The van der Waals surface area contributed by atoms with E-state index in [2.05, 4.69) is 4.98 Å². The number of aryl methyl sites for hydroxylation is 1. The summed E-state index contributed by atoms with van der Waals surface area (Å²) in [5.74, 6) is 0. The zero-order valence-electron chi connectivity index (χ0n) is 6.81. The second-order valence-electron chi connectivity index (χ2n) is 2.54. The van der Waals surface area contributed by atoms with Gasteiger partial charge in [-0.25, -0.2) is 0 Å². The molecule has 0 radical (unpaired) electrons. The van der Waals surface area contributed by atoms with Gasteiger partial charge in [-0.3, -0.25) is 9.78 Å². The van der Waals surface area contributed by atoms with E-state index in [1.165, 1.54) is 6.20 Å². The Labute approximate surface area is 70.5 Å². The van der Waals surface area contributed by atoms with Gasteiger partial charge >= 0.3 is 0 Å². The average molecular weight is 168 g/mol. The molecule has 4 heteroatoms. The summed E-state index contributed by atoms with van der Waals surface area (Å²) in [6.07, 6.45) is 6.08. The molecule has 0 aromatic carbocycles. The van der Waals surface area contributed by atoms with E-state index in [1.807, 2.05) is 0 Å². The number of nitrogens with zero attached hydrogens (tertiary/aromatic N) is 2. The van der Waals surface area contributed by atoms with Crippen LogP contribution in [0.25, 0.3) is 0 Å². The van der Waals surface area contributed by atoms with Crippen molar-refractivity contribution in [2.24, 2.45) is 0 Å². The Morgan fingerprint density at radius 3 is 3.00 bits per heavy atom. The van der Waals surface area contributed by atoms with Crippen molar-refractivity contribution in [2.45, 2.75) is 19.4 Å². The average Bonchev–Trinajstić information content (AvgIpc) is 2.09. The van der Waals surface area contributed by atoms with Crippen LogP contribution in [0.15, 0.2) is 23.4 Å². The first-order valence-electron chi connectivity index (χ1n) is 3.96. The van der Waals surface area contributed by atoms with E-state index in [-0.39, 0.29) is 12.2 Å². The number of aliphatic hydroxyl groups is 1. The summed E-state index contributed by atoms with van der Waals surface area (Å²) in [4.78, 5) is 14.7. The van der Waals surface area contributed by atoms with Crippen molar-refractivity contribution in [2.75, 3.05) is 6.61 Å². The quantitative estimate of drug-likeness (QED) is 0.644. The molecule has 0 amide bonds. The minimum absolute atomic E-state index is 0.0876. The van der Waals surface area contributed by atoms with Crippen molar-refractivity contribution in [1.82, 2.24) is 9.55 Å². The fourth-order valence-electron chi connectivity index (χ4n) is 0.952. The van der Waals surface area contributed by atoms with Crippen LogP contribution in [0.4, 0.5) is 0 Å². The molecule has 0 aliphatic rings. The van der Waals surface area contributed by atoms with Crippen molar-refractivity contribution < 1.29 is 5.11 Å². The number of rotatable bonds is 4. The lowest BCUT2D eigenvalue weighted by atomic mass is 10.3. The predicted octanol–water partition coefficient (Wildman–Crippen LogP) is 0.0158. The van der Waals surface area contributed by atoms with E-state index >= 15 is 0 Å². The Bertz CT molecular complexity index is 282. The summed E-state index contributed by atoms with van der Waals surface area (Å²) in [5, 5.41) is 8.51. The fourth-order valence-corrected chi connectivity index (χ4v) is 0.952. The molecule has 1 rings (SSSR count). The van der Waals surface area contributed by atoms with E-state index in [0.717, 1.165) is 12.8 Å². The molecule has 0 spiro atoms. The van der Waals surface area contributed by atoms with Crippen molar-refractivity contribution >= 4 is 0 Å². The van der Waals surface area contributed by atoms with Gasteiger partial charge in [-0.1, -0.05) is 0 Å². The molecular formula is C8H12N2O2. The van der Waals surface area contributed by atoms with Crippen LogP contribution in [0.3, 0.4) is 0 Å². The first kappa shape index (κ1) is 8.93. The highest BCUT2D eigenvalue weighted by Gasteiger charge is 1.92. The van der Waals surface area contributed by atoms with Crippen LogP contribution in [0.1, 0.15) is 12.8 Å². The second-order valence-corrected chi connectivity index (χ2v) is 2.54. The van der Waals surface area contributed by atoms with Gasteiger partial charge in [0.05, 0.1) is 6.20 Å². The van der Waals surface area contributed by atoms with E-state index in [1.54, 1.807) is 17.0 Å². The Kier molecular flexibility index (Phi) is 3.47. The van der Waals surface area contributed by atoms with Crippen LogP contribution >= 0.6 is 0 Å². The van der Waals surface area contributed by atoms with E-state index in [9.17, 15) is 4.79 Å². The molecule has 1 aromatic heterocycles. The smallest absolute Gasteiger partial charge is 0.268 e. The minimum Gasteiger partial charge on any atom is -0.396 e. The van der Waals surface area contributed by atoms with Gasteiger partial charge in [-0.15, -0.1) is 0 Å². The molecule has 1 heterocycles. The first-order chi connectivity index (χ1) is 5.84. The zero-order chi connectivity index (χ0) is 8.81. The van der Waals surface area contributed by atoms with Crippen molar-refractivity contribution in [3.8, 4) is 0 Å². The third-order valence-corrected chi connectivity index (χ3v) is 1.61. The molecule has 12 heavy (non-hydrogen) atoms. The highest BCUT2D eigenvalue weighted by atomic mass is 16.2. The Morgan fingerprint density at radius 2 is 2.33 bits per heavy atom. The van der Waals surface area contributed by atoms with Crippen LogP contribution < -0.4 is 5.56 Å². The predicted molar refractivity (Wildman–Crippen MR) is 44.8 cm³/mol. The maximum absolute atomic E-state index is 11.1. The van der Waals surface area contributed by atoms with E-state index in [0.29, 0.717) is 6.54 Å². The fraction of sp³-hybridized carbons (Fsp3) is 0.500. The van der Waals surface area contributed by atoms with Crippen LogP contribution in [-0.4, -0.2) is 21.3 Å². The molecule has 0 fully saturated rings. The zero-order valence-corrected chi connectivity index (χ0v) is 6.81. The van der Waals surface area contributed by atoms with Crippen molar-refractivity contribution in [3.63, 3.8) is 0 Å². The third kappa shape index (κ3) is 2.47. The molecule has 1 aromatic rings. The lowest BCUT2D eigenvalue weighted by Crippen LogP contribution is -2.18. The third-order valence-electron chi connectivity index (χ3n) is 1.61. The largest absolute Gasteiger partial charge is 0.396 e. The summed E-state index contributed by atoms with van der Waals surface area (Å²) < 4.78 is 1.59. The molecule has 66 valence electrons. The normalized spacial score (nSPS) is 10.1. The van der Waals surface area contributed by atoms with Gasteiger partial charge in [-0.05, 0) is 12.8 Å². The first-order valence-corrected chi connectivity index (χ1v) is 3.96. The number of aromatic nitrogens is 2. The summed E-state index contributed by atoms with van der Waals surface area (Å²) >= 11 is 0. The number of hydrogen-bond donors (Lipinski definition) is 1. The maximum Gasteiger partial charge on any atom is 0.268 e. The summed E-state index contributed by atoms with van der Waals surface area (Å²) in [5.41, 5.74) is -0.0876. The number of aliphatic hydroxyl groups excluding tert-OH is 1. The topological polar surface area (TPSA) is 55.1 Å². The molecule has 0 aliphatic heterocycles. The maximum atomic E-state index is 11.1. The highest BCUT2D eigenvalue weighted by Crippen LogP contribution is 1.90. The number of hydrogen-bond acceptors (Lipinski definition) is 3. The van der Waals surface area contributed by atoms with E-state index < -0.39 is 0 Å². The summed E-state index contributed by atoms with van der Waals surface area (Å²) in [6, 6.07) is 0. The van der Waals surface area contributed by atoms with Gasteiger partial charge in [0, 0.05) is 25.5 Å². The SMILES string of the molecule is O=c1cnccn1CCCCO. The molecule has 0 aliphatic carbocycles. The van der Waals surface area contributed by atoms with Gasteiger partial charge in [-0.2, -0.15) is 0 Å². The molecule has 0 unspecified atom stereocenters. The lowest BCUT2D eigenvalue weighted by Gasteiger charge is -2.01. The van der Waals surface area contributed by atoms with Crippen LogP contribution in [0.2, 0.25) is 0 Å². The molecule has 0 bridgehead atoms. The molecule has 4 nitrogen and oxygen atoms in total. The standard InChI is InChI=1S/C8H12N2O2/c11-6-2-1-4-10-5-3-9-7-8(10)12/h3,5,7,11H,1-2,4,6H2. The van der Waals surface area contributed by atoms with Crippen LogP contribution in [0, 0.1) is 0 Å². The van der Waals surface area contributed by atoms with Gasteiger partial charge in [0.2, 0.25) is 0 Å². The summed E-state index contributed by atoms with van der Waals surface area (Å²) in [6.45, 7) is 0.835. The lowest BCUT2D eigenvalue weighted by molar-refractivity contribution is 0.281. The van der Waals surface area contributed by atoms with E-state index in [4.69, 9.17) is 5.11 Å². The molecule has 0 saturated carbocycles. The Hall–Kier alpha value is -1.16. The molecule has 0 saturated heterocycles. The van der Waals surface area contributed by atoms with Crippen LogP contribution in [0.5, 0.6) is 0 Å². The molecule has 0 atom stereocenters. The van der Waals surface area contributed by atoms with Gasteiger partial charge in [0.25, 0.3) is 5.56 Å². The van der Waals surface area contributed by atoms with Crippen LogP contribution in [-0.2, 0) is 6.54 Å². The molecule has 1 N–H and O–H groups in total. The van der Waals surface area contributed by atoms with Gasteiger partial charge in [0.1, 0.15) is 0 Å². The van der Waals surface area contributed by atoms with Gasteiger partial charge in [0.15, 0.2) is 0 Å². The van der Waals surface area contributed by atoms with Gasteiger partial charge < -0.3 is 9.67 Å². The Morgan fingerprint density at radius 1 is 1.50 bits per heavy atom. The second kappa shape index (κ2) is 4.66. The monoisotopic (exact) mass is 168 g/mol. The molecular weight excluding hydrogens is 156 g/mol. The highest BCUT2D eigenvalue weighted by molar-refractivity contribution is 4.79. The summed E-state index contributed by atoms with van der Waals surface area (Å²) in [7, 11) is 0. The number of unbranched alkanes of at least 4 members (excludes halogenated alkanes) is 1. The Balaban J connectivity index is 2.52. The van der Waals surface area contributed by atoms with Crippen molar-refractivity contribution in [1.29, 1.82) is 0 Å². The van der Waals surface area contributed by atoms with Crippen molar-refractivity contribution in [3.05, 3.63) is 28.9 Å².